The average molecular weight is 425 g/mol. The van der Waals surface area contributed by atoms with Crippen molar-refractivity contribution in [1.82, 2.24) is 24.8 Å². The number of aromatic nitrogens is 3. The van der Waals surface area contributed by atoms with Crippen molar-refractivity contribution in [1.29, 1.82) is 0 Å². The lowest BCUT2D eigenvalue weighted by Crippen LogP contribution is -2.35. The number of anilines is 2. The van der Waals surface area contributed by atoms with Crippen LogP contribution < -0.4 is 5.32 Å². The monoisotopic (exact) mass is 424 g/mol. The zero-order chi connectivity index (χ0) is 21.6. The summed E-state index contributed by atoms with van der Waals surface area (Å²) in [6.07, 6.45) is 6.64. The number of nitrogens with zero attached hydrogens (tertiary/aromatic N) is 5. The number of ether oxygens (including phenoxy) is 1. The van der Waals surface area contributed by atoms with Crippen molar-refractivity contribution in [2.45, 2.75) is 38.6 Å². The molecule has 1 atom stereocenters. The first-order valence-electron chi connectivity index (χ1n) is 10.8. The molecular formula is C22H28N6O3. The van der Waals surface area contributed by atoms with E-state index in [0.29, 0.717) is 37.8 Å². The molecule has 9 nitrogen and oxygen atoms in total. The third kappa shape index (κ3) is 5.35. The van der Waals surface area contributed by atoms with E-state index in [0.717, 1.165) is 37.2 Å². The van der Waals surface area contributed by atoms with E-state index in [9.17, 15) is 9.59 Å². The molecular weight excluding hydrogens is 396 g/mol. The van der Waals surface area contributed by atoms with Crippen molar-refractivity contribution in [3.8, 4) is 0 Å². The molecule has 0 bridgehead atoms. The molecule has 2 amide bonds. The van der Waals surface area contributed by atoms with Gasteiger partial charge in [0.2, 0.25) is 11.8 Å². The third-order valence-electron chi connectivity index (χ3n) is 5.61. The lowest BCUT2D eigenvalue weighted by molar-refractivity contribution is -0.137. The van der Waals surface area contributed by atoms with Crippen molar-refractivity contribution in [2.24, 2.45) is 0 Å². The van der Waals surface area contributed by atoms with Crippen LogP contribution in [0.1, 0.15) is 43.1 Å². The van der Waals surface area contributed by atoms with E-state index >= 15 is 0 Å². The number of nitrogens with one attached hydrogen (secondary N) is 1. The number of hydrogen-bond acceptors (Lipinski definition) is 7. The SMILES string of the molecule is Cc1cccc(Nc2cncc([C@@H]3CCCN3C(=O)COCCN3CCCC3=O)n2)n1. The first-order valence-corrected chi connectivity index (χ1v) is 10.8. The van der Waals surface area contributed by atoms with Crippen LogP contribution in [-0.4, -0.2) is 69.4 Å². The van der Waals surface area contributed by atoms with Gasteiger partial charge >= 0.3 is 0 Å². The maximum Gasteiger partial charge on any atom is 0.249 e. The molecule has 0 unspecified atom stereocenters. The minimum Gasteiger partial charge on any atom is -0.370 e. The molecule has 2 aliphatic rings. The van der Waals surface area contributed by atoms with Gasteiger partial charge in [0, 0.05) is 31.7 Å². The van der Waals surface area contributed by atoms with Crippen LogP contribution in [0.15, 0.2) is 30.6 Å². The standard InChI is InChI=1S/C22H28N6O3/c1-16-5-2-7-19(24-16)26-20-14-23-13-17(25-20)18-6-3-10-28(18)22(30)15-31-12-11-27-9-4-8-21(27)29/h2,5,7,13-14,18H,3-4,6,8-12,15H2,1H3,(H,24,25,26)/t18-/m0/s1. The van der Waals surface area contributed by atoms with E-state index in [4.69, 9.17) is 4.74 Å². The molecule has 2 aliphatic heterocycles. The fourth-order valence-electron chi connectivity index (χ4n) is 4.08. The predicted molar refractivity (Wildman–Crippen MR) is 115 cm³/mol. The summed E-state index contributed by atoms with van der Waals surface area (Å²) in [7, 11) is 0. The largest absolute Gasteiger partial charge is 0.370 e. The number of carbonyl (C=O) groups is 2. The zero-order valence-corrected chi connectivity index (χ0v) is 17.8. The van der Waals surface area contributed by atoms with Crippen LogP contribution in [0.4, 0.5) is 11.6 Å². The van der Waals surface area contributed by atoms with E-state index in [-0.39, 0.29) is 24.5 Å². The van der Waals surface area contributed by atoms with Gasteiger partial charge in [-0.25, -0.2) is 9.97 Å². The molecule has 2 saturated heterocycles. The minimum absolute atomic E-state index is 0.0110. The fourth-order valence-corrected chi connectivity index (χ4v) is 4.08. The van der Waals surface area contributed by atoms with E-state index < -0.39 is 0 Å². The quantitative estimate of drug-likeness (QED) is 0.649. The molecule has 0 aliphatic carbocycles. The summed E-state index contributed by atoms with van der Waals surface area (Å²) < 4.78 is 5.57. The second-order valence-electron chi connectivity index (χ2n) is 7.90. The third-order valence-corrected chi connectivity index (χ3v) is 5.61. The summed E-state index contributed by atoms with van der Waals surface area (Å²) >= 11 is 0. The number of pyridine rings is 1. The van der Waals surface area contributed by atoms with Gasteiger partial charge in [-0.3, -0.25) is 14.6 Å². The summed E-state index contributed by atoms with van der Waals surface area (Å²) in [5, 5.41) is 3.18. The first-order chi connectivity index (χ1) is 15.1. The Labute approximate surface area is 181 Å². The van der Waals surface area contributed by atoms with Gasteiger partial charge in [0.25, 0.3) is 0 Å². The molecule has 0 saturated carbocycles. The maximum atomic E-state index is 12.7. The van der Waals surface area contributed by atoms with Gasteiger partial charge < -0.3 is 19.9 Å². The fraction of sp³-hybridized carbons (Fsp3) is 0.500. The molecule has 2 aromatic rings. The number of hydrogen-bond donors (Lipinski definition) is 1. The molecule has 4 rings (SSSR count). The second-order valence-corrected chi connectivity index (χ2v) is 7.90. The Bertz CT molecular complexity index is 937. The number of rotatable bonds is 8. The smallest absolute Gasteiger partial charge is 0.249 e. The second kappa shape index (κ2) is 9.82. The minimum atomic E-state index is -0.115. The van der Waals surface area contributed by atoms with Crippen LogP contribution >= 0.6 is 0 Å². The summed E-state index contributed by atoms with van der Waals surface area (Å²) in [6, 6.07) is 5.62. The number of carbonyl (C=O) groups excluding carboxylic acids is 2. The van der Waals surface area contributed by atoms with Crippen LogP contribution in [0, 0.1) is 6.92 Å². The van der Waals surface area contributed by atoms with E-state index in [1.54, 1.807) is 17.3 Å². The highest BCUT2D eigenvalue weighted by atomic mass is 16.5. The van der Waals surface area contributed by atoms with Gasteiger partial charge in [0.05, 0.1) is 30.7 Å². The molecule has 2 aromatic heterocycles. The summed E-state index contributed by atoms with van der Waals surface area (Å²) in [5.74, 6) is 1.41. The molecule has 1 N–H and O–H groups in total. The highest BCUT2D eigenvalue weighted by Gasteiger charge is 2.31. The van der Waals surface area contributed by atoms with Crippen molar-refractivity contribution in [2.75, 3.05) is 38.2 Å². The average Bonchev–Trinajstić information content (AvgIpc) is 3.40. The van der Waals surface area contributed by atoms with Gasteiger partial charge in [0.1, 0.15) is 18.2 Å². The van der Waals surface area contributed by atoms with Gasteiger partial charge in [-0.05, 0) is 38.3 Å². The summed E-state index contributed by atoms with van der Waals surface area (Å²) in [4.78, 5) is 41.4. The van der Waals surface area contributed by atoms with Crippen LogP contribution in [0.25, 0.3) is 0 Å². The molecule has 2 fully saturated rings. The number of aryl methyl sites for hydroxylation is 1. The van der Waals surface area contributed by atoms with Gasteiger partial charge in [-0.2, -0.15) is 0 Å². The Kier molecular flexibility index (Phi) is 6.71. The lowest BCUT2D eigenvalue weighted by Gasteiger charge is -2.24. The normalized spacial score (nSPS) is 18.6. The van der Waals surface area contributed by atoms with E-state index in [1.165, 1.54) is 0 Å². The molecule has 0 spiro atoms. The molecule has 0 aromatic carbocycles. The Morgan fingerprint density at radius 3 is 2.90 bits per heavy atom. The molecule has 0 radical (unpaired) electrons. The van der Waals surface area contributed by atoms with Crippen molar-refractivity contribution < 1.29 is 14.3 Å². The van der Waals surface area contributed by atoms with Gasteiger partial charge in [0.15, 0.2) is 0 Å². The lowest BCUT2D eigenvalue weighted by atomic mass is 10.1. The molecule has 4 heterocycles. The Balaban J connectivity index is 1.33. The van der Waals surface area contributed by atoms with Gasteiger partial charge in [-0.15, -0.1) is 0 Å². The van der Waals surface area contributed by atoms with E-state index in [2.05, 4.69) is 20.3 Å². The summed E-state index contributed by atoms with van der Waals surface area (Å²) in [5.41, 5.74) is 1.67. The highest BCUT2D eigenvalue weighted by molar-refractivity contribution is 5.78. The van der Waals surface area contributed by atoms with E-state index in [1.807, 2.05) is 30.0 Å². The van der Waals surface area contributed by atoms with Crippen molar-refractivity contribution in [3.05, 3.63) is 42.0 Å². The summed E-state index contributed by atoms with van der Waals surface area (Å²) in [6.45, 7) is 4.32. The van der Waals surface area contributed by atoms with Crippen LogP contribution in [0.2, 0.25) is 0 Å². The highest BCUT2D eigenvalue weighted by Crippen LogP contribution is 2.31. The van der Waals surface area contributed by atoms with Crippen LogP contribution in [0.3, 0.4) is 0 Å². The molecule has 31 heavy (non-hydrogen) atoms. The Morgan fingerprint density at radius 2 is 2.10 bits per heavy atom. The van der Waals surface area contributed by atoms with Crippen molar-refractivity contribution >= 4 is 23.5 Å². The van der Waals surface area contributed by atoms with Crippen molar-refractivity contribution in [3.63, 3.8) is 0 Å². The van der Waals surface area contributed by atoms with Gasteiger partial charge in [-0.1, -0.05) is 6.07 Å². The number of amides is 2. The Hall–Kier alpha value is -3.07. The van der Waals surface area contributed by atoms with Crippen LogP contribution in [-0.2, 0) is 14.3 Å². The van der Waals surface area contributed by atoms with Crippen LogP contribution in [0.5, 0.6) is 0 Å². The zero-order valence-electron chi connectivity index (χ0n) is 17.8. The first kappa shape index (κ1) is 21.2. The number of likely N-dealkylation sites (tertiary alicyclic amines) is 2. The topological polar surface area (TPSA) is 101 Å². The Morgan fingerprint density at radius 1 is 1.19 bits per heavy atom. The molecule has 9 heteroatoms. The maximum absolute atomic E-state index is 12.7. The molecule has 164 valence electrons. The predicted octanol–water partition coefficient (Wildman–Crippen LogP) is 2.23.